The lowest BCUT2D eigenvalue weighted by Gasteiger charge is -2.42. The molecule has 202 valence electrons. The molecule has 38 heavy (non-hydrogen) atoms. The van der Waals surface area contributed by atoms with Gasteiger partial charge in [-0.3, -0.25) is 4.90 Å². The molecule has 0 spiro atoms. The summed E-state index contributed by atoms with van der Waals surface area (Å²) in [5, 5.41) is 15.8. The highest BCUT2D eigenvalue weighted by atomic mass is 19.1. The van der Waals surface area contributed by atoms with Crippen molar-refractivity contribution in [2.45, 2.75) is 50.2 Å². The molecule has 0 bridgehead atoms. The monoisotopic (exact) mass is 523 g/mol. The summed E-state index contributed by atoms with van der Waals surface area (Å²) in [4.78, 5) is 21.5. The molecule has 0 amide bonds. The van der Waals surface area contributed by atoms with Crippen LogP contribution in [-0.4, -0.2) is 89.4 Å². The highest BCUT2D eigenvalue weighted by Crippen LogP contribution is 2.43. The number of aromatic nitrogens is 3. The minimum atomic E-state index is -1.07. The molecule has 1 saturated carbocycles. The molecule has 3 fully saturated rings. The first-order chi connectivity index (χ1) is 18.5. The van der Waals surface area contributed by atoms with E-state index in [0.29, 0.717) is 36.5 Å². The van der Waals surface area contributed by atoms with E-state index in [1.807, 2.05) is 0 Å². The van der Waals surface area contributed by atoms with Gasteiger partial charge < -0.3 is 19.5 Å². The number of morpholine rings is 1. The first-order valence-electron chi connectivity index (χ1n) is 13.5. The normalized spacial score (nSPS) is 21.6. The maximum atomic E-state index is 13.7. The molecule has 2 aliphatic heterocycles. The molecule has 2 aromatic heterocycles. The van der Waals surface area contributed by atoms with Gasteiger partial charge in [0.1, 0.15) is 5.82 Å². The Kier molecular flexibility index (Phi) is 7.03. The van der Waals surface area contributed by atoms with E-state index in [-0.39, 0.29) is 17.6 Å². The van der Waals surface area contributed by atoms with Crippen molar-refractivity contribution in [3.8, 4) is 5.69 Å². The zero-order chi connectivity index (χ0) is 26.2. The van der Waals surface area contributed by atoms with Crippen molar-refractivity contribution < 1.29 is 23.8 Å². The number of carboxylic acid groups (broad SMARTS) is 1. The molecule has 1 atom stereocenters. The van der Waals surface area contributed by atoms with Gasteiger partial charge in [-0.05, 0) is 56.0 Å². The third-order valence-corrected chi connectivity index (χ3v) is 8.27. The van der Waals surface area contributed by atoms with E-state index in [1.54, 1.807) is 30.0 Å². The smallest absolute Gasteiger partial charge is 0.354 e. The summed E-state index contributed by atoms with van der Waals surface area (Å²) in [5.74, 6) is -1.09. The van der Waals surface area contributed by atoms with Crippen LogP contribution in [0.1, 0.15) is 54.2 Å². The molecule has 4 heterocycles. The van der Waals surface area contributed by atoms with Gasteiger partial charge in [-0.1, -0.05) is 6.42 Å². The van der Waals surface area contributed by atoms with Crippen LogP contribution in [0.2, 0.25) is 0 Å². The number of aromatic carboxylic acids is 1. The Morgan fingerprint density at radius 1 is 1.16 bits per heavy atom. The summed E-state index contributed by atoms with van der Waals surface area (Å²) in [6.45, 7) is 4.75. The molecule has 1 N–H and O–H groups in total. The van der Waals surface area contributed by atoms with Crippen molar-refractivity contribution in [1.29, 1.82) is 0 Å². The van der Waals surface area contributed by atoms with E-state index in [9.17, 15) is 14.3 Å². The van der Waals surface area contributed by atoms with Crippen LogP contribution in [0.25, 0.3) is 16.7 Å². The van der Waals surface area contributed by atoms with E-state index in [2.05, 4.69) is 14.8 Å². The van der Waals surface area contributed by atoms with Gasteiger partial charge in [0.15, 0.2) is 11.3 Å². The van der Waals surface area contributed by atoms with Gasteiger partial charge in [-0.25, -0.2) is 18.9 Å². The standard InChI is InChI=1S/C28H34FN5O4/c1-37-17-22-16-33(13-14-38-22)20-9-11-32(12-10-20)24-15-23(28(35)36)30-27-25(24)26(18-3-2-4-18)31-34(27)21-7-5-19(29)6-8-21/h5-8,15,18,20,22H,2-4,9-14,16-17H2,1H3,(H,35,36). The predicted molar refractivity (Wildman–Crippen MR) is 141 cm³/mol. The number of pyridine rings is 1. The molecule has 6 rings (SSSR count). The number of carbonyl (C=O) groups is 1. The van der Waals surface area contributed by atoms with E-state index < -0.39 is 5.97 Å². The van der Waals surface area contributed by atoms with Gasteiger partial charge in [0.25, 0.3) is 0 Å². The number of methoxy groups -OCH3 is 1. The molecule has 1 unspecified atom stereocenters. The van der Waals surface area contributed by atoms with Crippen molar-refractivity contribution in [1.82, 2.24) is 19.7 Å². The molecule has 1 aromatic carbocycles. The molecule has 2 saturated heterocycles. The Hall–Kier alpha value is -3.08. The fraction of sp³-hybridized carbons (Fsp3) is 0.536. The molecular formula is C28H34FN5O4. The second-order valence-electron chi connectivity index (χ2n) is 10.6. The van der Waals surface area contributed by atoms with E-state index in [4.69, 9.17) is 14.6 Å². The largest absolute Gasteiger partial charge is 0.477 e. The number of rotatable bonds is 7. The van der Waals surface area contributed by atoms with Crippen molar-refractivity contribution in [3.63, 3.8) is 0 Å². The number of fused-ring (bicyclic) bond motifs is 1. The van der Waals surface area contributed by atoms with Crippen molar-refractivity contribution in [2.24, 2.45) is 0 Å². The lowest BCUT2D eigenvalue weighted by atomic mass is 9.82. The summed E-state index contributed by atoms with van der Waals surface area (Å²) in [5.41, 5.74) is 3.03. The summed E-state index contributed by atoms with van der Waals surface area (Å²) in [7, 11) is 1.71. The second kappa shape index (κ2) is 10.6. The molecule has 9 nitrogen and oxygen atoms in total. The lowest BCUT2D eigenvalue weighted by molar-refractivity contribution is -0.0740. The number of carboxylic acids is 1. The Morgan fingerprint density at radius 3 is 2.58 bits per heavy atom. The summed E-state index contributed by atoms with van der Waals surface area (Å²) in [6.07, 6.45) is 5.33. The van der Waals surface area contributed by atoms with Crippen LogP contribution < -0.4 is 4.90 Å². The molecule has 1 aliphatic carbocycles. The van der Waals surface area contributed by atoms with Gasteiger partial charge in [-0.2, -0.15) is 5.10 Å². The van der Waals surface area contributed by atoms with Crippen LogP contribution in [-0.2, 0) is 9.47 Å². The first-order valence-corrected chi connectivity index (χ1v) is 13.5. The lowest BCUT2D eigenvalue weighted by Crippen LogP contribution is -2.52. The van der Waals surface area contributed by atoms with Crippen LogP contribution in [0.3, 0.4) is 0 Å². The molecule has 10 heteroatoms. The third kappa shape index (κ3) is 4.76. The highest BCUT2D eigenvalue weighted by Gasteiger charge is 2.33. The number of hydrogen-bond donors (Lipinski definition) is 1. The SMILES string of the molecule is COCC1CN(C2CCN(c3cc(C(=O)O)nc4c3c(C3CCC3)nn4-c3ccc(F)cc3)CC2)CCO1. The molecule has 0 radical (unpaired) electrons. The zero-order valence-electron chi connectivity index (χ0n) is 21.7. The Morgan fingerprint density at radius 2 is 1.92 bits per heavy atom. The van der Waals surface area contributed by atoms with Crippen LogP contribution >= 0.6 is 0 Å². The average molecular weight is 524 g/mol. The van der Waals surface area contributed by atoms with Crippen LogP contribution in [0, 0.1) is 5.82 Å². The minimum Gasteiger partial charge on any atom is -0.477 e. The maximum absolute atomic E-state index is 13.7. The number of ether oxygens (including phenoxy) is 2. The third-order valence-electron chi connectivity index (χ3n) is 8.27. The highest BCUT2D eigenvalue weighted by molar-refractivity contribution is 5.98. The number of benzene rings is 1. The average Bonchev–Trinajstić information content (AvgIpc) is 3.27. The quantitative estimate of drug-likeness (QED) is 0.500. The van der Waals surface area contributed by atoms with E-state index in [0.717, 1.165) is 75.1 Å². The Labute approximate surface area is 221 Å². The topological polar surface area (TPSA) is 93.0 Å². The first kappa shape index (κ1) is 25.2. The fourth-order valence-corrected chi connectivity index (χ4v) is 6.04. The molecular weight excluding hydrogens is 489 g/mol. The van der Waals surface area contributed by atoms with E-state index >= 15 is 0 Å². The summed E-state index contributed by atoms with van der Waals surface area (Å²) < 4.78 is 26.5. The summed E-state index contributed by atoms with van der Waals surface area (Å²) in [6, 6.07) is 8.27. The number of hydrogen-bond acceptors (Lipinski definition) is 7. The summed E-state index contributed by atoms with van der Waals surface area (Å²) >= 11 is 0. The number of piperidine rings is 1. The molecule has 3 aliphatic rings. The Balaban J connectivity index is 1.35. The zero-order valence-corrected chi connectivity index (χ0v) is 21.7. The number of halogens is 1. The number of anilines is 1. The minimum absolute atomic E-state index is 0.00590. The van der Waals surface area contributed by atoms with Gasteiger partial charge in [0.05, 0.1) is 41.8 Å². The fourth-order valence-electron chi connectivity index (χ4n) is 6.04. The van der Waals surface area contributed by atoms with Crippen LogP contribution in [0.4, 0.5) is 10.1 Å². The van der Waals surface area contributed by atoms with Gasteiger partial charge in [0.2, 0.25) is 0 Å². The predicted octanol–water partition coefficient (Wildman–Crippen LogP) is 3.84. The van der Waals surface area contributed by atoms with Crippen molar-refractivity contribution in [3.05, 3.63) is 47.5 Å². The maximum Gasteiger partial charge on any atom is 0.354 e. The molecule has 3 aromatic rings. The van der Waals surface area contributed by atoms with Gasteiger partial charge in [0, 0.05) is 45.2 Å². The second-order valence-corrected chi connectivity index (χ2v) is 10.6. The van der Waals surface area contributed by atoms with Crippen molar-refractivity contribution in [2.75, 3.05) is 51.4 Å². The van der Waals surface area contributed by atoms with E-state index in [1.165, 1.54) is 12.1 Å². The van der Waals surface area contributed by atoms with Gasteiger partial charge >= 0.3 is 5.97 Å². The van der Waals surface area contributed by atoms with Gasteiger partial charge in [-0.15, -0.1) is 0 Å². The number of nitrogens with zero attached hydrogens (tertiary/aromatic N) is 5. The Bertz CT molecular complexity index is 1300. The van der Waals surface area contributed by atoms with Crippen molar-refractivity contribution >= 4 is 22.7 Å². The van der Waals surface area contributed by atoms with Crippen LogP contribution in [0.15, 0.2) is 30.3 Å². The van der Waals surface area contributed by atoms with Crippen LogP contribution in [0.5, 0.6) is 0 Å².